The molecular weight excluding hydrogens is 146 g/mol. The predicted octanol–water partition coefficient (Wildman–Crippen LogP) is 2.33. The highest BCUT2D eigenvalue weighted by Gasteiger charge is 2.35. The van der Waals surface area contributed by atoms with Gasteiger partial charge in [0.15, 0.2) is 0 Å². The monoisotopic (exact) mass is 165 g/mol. The minimum Gasteiger partial charge on any atom is -0.327 e. The van der Waals surface area contributed by atoms with E-state index < -0.39 is 0 Å². The van der Waals surface area contributed by atoms with Gasteiger partial charge in [0, 0.05) is 6.04 Å². The van der Waals surface area contributed by atoms with E-state index >= 15 is 0 Å². The molecule has 0 heterocycles. The van der Waals surface area contributed by atoms with Crippen LogP contribution in [0.25, 0.3) is 0 Å². The Kier molecular flexibility index (Phi) is 1.99. The van der Waals surface area contributed by atoms with E-state index in [1.165, 1.54) is 19.3 Å². The second-order valence-electron chi connectivity index (χ2n) is 4.76. The first kappa shape index (κ1) is 8.31. The summed E-state index contributed by atoms with van der Waals surface area (Å²) in [4.78, 5) is 0. The normalized spacial score (nSPS) is 40.3. The predicted molar refractivity (Wildman–Crippen MR) is 51.7 cm³/mol. The lowest BCUT2D eigenvalue weighted by atomic mass is 9.84. The second-order valence-corrected chi connectivity index (χ2v) is 4.76. The summed E-state index contributed by atoms with van der Waals surface area (Å²) in [6.07, 6.45) is 6.36. The summed E-state index contributed by atoms with van der Waals surface area (Å²) in [6.45, 7) is 4.59. The van der Waals surface area contributed by atoms with E-state index in [0.717, 1.165) is 17.8 Å². The van der Waals surface area contributed by atoms with Crippen molar-refractivity contribution in [2.24, 2.45) is 23.5 Å². The molecule has 0 aliphatic heterocycles. The Morgan fingerprint density at radius 2 is 2.17 bits per heavy atom. The van der Waals surface area contributed by atoms with E-state index in [1.54, 1.807) is 5.57 Å². The van der Waals surface area contributed by atoms with Crippen molar-refractivity contribution in [3.63, 3.8) is 0 Å². The molecule has 2 aliphatic rings. The number of rotatable bonds is 1. The second kappa shape index (κ2) is 2.88. The third kappa shape index (κ3) is 1.31. The fraction of sp³-hybridized carbons (Fsp3) is 0.818. The zero-order valence-electron chi connectivity index (χ0n) is 8.09. The Morgan fingerprint density at radius 3 is 2.75 bits per heavy atom. The molecule has 0 aromatic heterocycles. The molecule has 2 N–H and O–H groups in total. The van der Waals surface area contributed by atoms with Crippen molar-refractivity contribution in [1.82, 2.24) is 0 Å². The lowest BCUT2D eigenvalue weighted by molar-refractivity contribution is 0.441. The van der Waals surface area contributed by atoms with Crippen LogP contribution < -0.4 is 5.73 Å². The van der Waals surface area contributed by atoms with Crippen LogP contribution >= 0.6 is 0 Å². The molecule has 1 heteroatoms. The molecule has 0 aromatic carbocycles. The molecule has 2 bridgehead atoms. The summed E-state index contributed by atoms with van der Waals surface area (Å²) >= 11 is 0. The van der Waals surface area contributed by atoms with Crippen LogP contribution in [-0.4, -0.2) is 6.04 Å². The average molecular weight is 165 g/mol. The zero-order valence-corrected chi connectivity index (χ0v) is 8.09. The molecule has 0 radical (unpaired) electrons. The van der Waals surface area contributed by atoms with Gasteiger partial charge in [0.1, 0.15) is 0 Å². The van der Waals surface area contributed by atoms with E-state index in [4.69, 9.17) is 5.73 Å². The SMILES string of the molecule is CC(C)C1=CC2CC(N)C(C1)C2. The van der Waals surface area contributed by atoms with Crippen molar-refractivity contribution in [2.75, 3.05) is 0 Å². The van der Waals surface area contributed by atoms with E-state index in [0.29, 0.717) is 6.04 Å². The first-order valence-corrected chi connectivity index (χ1v) is 5.13. The summed E-state index contributed by atoms with van der Waals surface area (Å²) in [6, 6.07) is 0.488. The largest absolute Gasteiger partial charge is 0.327 e. The van der Waals surface area contributed by atoms with Crippen LogP contribution in [0.3, 0.4) is 0 Å². The Labute approximate surface area is 75.0 Å². The molecule has 0 spiro atoms. The van der Waals surface area contributed by atoms with Crippen LogP contribution in [0.1, 0.15) is 33.1 Å². The van der Waals surface area contributed by atoms with E-state index in [1.807, 2.05) is 0 Å². The number of fused-ring (bicyclic) bond motifs is 2. The molecule has 68 valence electrons. The third-order valence-corrected chi connectivity index (χ3v) is 3.48. The topological polar surface area (TPSA) is 26.0 Å². The van der Waals surface area contributed by atoms with Gasteiger partial charge in [-0.05, 0) is 37.0 Å². The lowest BCUT2D eigenvalue weighted by Gasteiger charge is -2.23. The van der Waals surface area contributed by atoms with Crippen LogP contribution in [-0.2, 0) is 0 Å². The molecule has 12 heavy (non-hydrogen) atoms. The first-order valence-electron chi connectivity index (χ1n) is 5.13. The molecule has 3 atom stereocenters. The van der Waals surface area contributed by atoms with Crippen molar-refractivity contribution in [2.45, 2.75) is 39.2 Å². The van der Waals surface area contributed by atoms with Gasteiger partial charge in [-0.3, -0.25) is 0 Å². The number of allylic oxidation sites excluding steroid dienone is 2. The fourth-order valence-electron chi connectivity index (χ4n) is 2.67. The zero-order chi connectivity index (χ0) is 8.72. The highest BCUT2D eigenvalue weighted by molar-refractivity contribution is 5.16. The minimum atomic E-state index is 0.488. The quantitative estimate of drug-likeness (QED) is 0.593. The van der Waals surface area contributed by atoms with Gasteiger partial charge in [0.2, 0.25) is 0 Å². The Hall–Kier alpha value is -0.300. The summed E-state index contributed by atoms with van der Waals surface area (Å²) in [5.41, 5.74) is 7.71. The van der Waals surface area contributed by atoms with Gasteiger partial charge >= 0.3 is 0 Å². The molecule has 2 aliphatic carbocycles. The number of hydrogen-bond acceptors (Lipinski definition) is 1. The molecule has 1 fully saturated rings. The Bertz CT molecular complexity index is 203. The number of hydrogen-bond donors (Lipinski definition) is 1. The summed E-state index contributed by atoms with van der Waals surface area (Å²) in [7, 11) is 0. The molecule has 3 unspecified atom stereocenters. The van der Waals surface area contributed by atoms with Crippen molar-refractivity contribution < 1.29 is 0 Å². The maximum absolute atomic E-state index is 6.05. The maximum atomic E-state index is 6.05. The molecule has 0 amide bonds. The van der Waals surface area contributed by atoms with Gasteiger partial charge in [0.05, 0.1) is 0 Å². The highest BCUT2D eigenvalue weighted by atomic mass is 14.7. The molecular formula is C11H19N. The van der Waals surface area contributed by atoms with Gasteiger partial charge < -0.3 is 5.73 Å². The molecule has 1 saturated carbocycles. The van der Waals surface area contributed by atoms with Crippen LogP contribution in [0.4, 0.5) is 0 Å². The van der Waals surface area contributed by atoms with Gasteiger partial charge in [-0.2, -0.15) is 0 Å². The van der Waals surface area contributed by atoms with Gasteiger partial charge in [-0.25, -0.2) is 0 Å². The van der Waals surface area contributed by atoms with Crippen molar-refractivity contribution in [3.8, 4) is 0 Å². The van der Waals surface area contributed by atoms with Gasteiger partial charge in [-0.1, -0.05) is 25.5 Å². The maximum Gasteiger partial charge on any atom is 0.00760 e. The summed E-state index contributed by atoms with van der Waals surface area (Å²) < 4.78 is 0. The van der Waals surface area contributed by atoms with Crippen LogP contribution in [0.5, 0.6) is 0 Å². The molecule has 0 aromatic rings. The van der Waals surface area contributed by atoms with E-state index in [2.05, 4.69) is 19.9 Å². The molecule has 2 rings (SSSR count). The standard InChI is InChI=1S/C11H19N/c1-7(2)9-3-8-4-10(6-9)11(12)5-8/h3,7-8,10-11H,4-6,12H2,1-2H3. The van der Waals surface area contributed by atoms with Crippen LogP contribution in [0, 0.1) is 17.8 Å². The summed E-state index contributed by atoms with van der Waals surface area (Å²) in [5.74, 6) is 2.36. The molecule has 1 nitrogen and oxygen atoms in total. The van der Waals surface area contributed by atoms with Crippen molar-refractivity contribution >= 4 is 0 Å². The fourth-order valence-corrected chi connectivity index (χ4v) is 2.67. The average Bonchev–Trinajstić information content (AvgIpc) is 2.26. The van der Waals surface area contributed by atoms with Gasteiger partial charge in [-0.15, -0.1) is 0 Å². The van der Waals surface area contributed by atoms with Crippen molar-refractivity contribution in [3.05, 3.63) is 11.6 Å². The third-order valence-electron chi connectivity index (χ3n) is 3.48. The van der Waals surface area contributed by atoms with Gasteiger partial charge in [0.25, 0.3) is 0 Å². The number of nitrogens with two attached hydrogens (primary N) is 1. The minimum absolute atomic E-state index is 0.488. The highest BCUT2D eigenvalue weighted by Crippen LogP contribution is 2.41. The van der Waals surface area contributed by atoms with E-state index in [9.17, 15) is 0 Å². The smallest absolute Gasteiger partial charge is 0.00760 e. The Balaban J connectivity index is 2.13. The van der Waals surface area contributed by atoms with E-state index in [-0.39, 0.29) is 0 Å². The molecule has 0 saturated heterocycles. The van der Waals surface area contributed by atoms with Crippen LogP contribution in [0.2, 0.25) is 0 Å². The Morgan fingerprint density at radius 1 is 1.42 bits per heavy atom. The van der Waals surface area contributed by atoms with Crippen LogP contribution in [0.15, 0.2) is 11.6 Å². The first-order chi connectivity index (χ1) is 5.66. The van der Waals surface area contributed by atoms with Crippen molar-refractivity contribution in [1.29, 1.82) is 0 Å². The lowest BCUT2D eigenvalue weighted by Crippen LogP contribution is -2.24. The summed E-state index contributed by atoms with van der Waals surface area (Å²) in [5, 5.41) is 0.